The molecule has 4 aromatic carbocycles. The number of fused-ring (bicyclic) bond motifs is 2. The van der Waals surface area contributed by atoms with Crippen LogP contribution >= 0.6 is 0 Å². The number of nitrogens with zero attached hydrogens (tertiary/aromatic N) is 3. The number of methoxy groups -OCH3 is 2. The van der Waals surface area contributed by atoms with Crippen LogP contribution in [0.5, 0.6) is 17.2 Å². The highest BCUT2D eigenvalue weighted by molar-refractivity contribution is 5.98. The number of ether oxygens (including phenoxy) is 3. The molecule has 0 bridgehead atoms. The van der Waals surface area contributed by atoms with Crippen molar-refractivity contribution in [2.45, 2.75) is 25.3 Å². The Kier molecular flexibility index (Phi) is 6.80. The predicted molar refractivity (Wildman–Crippen MR) is 153 cm³/mol. The number of imidazole rings is 1. The van der Waals surface area contributed by atoms with E-state index in [0.717, 1.165) is 41.3 Å². The van der Waals surface area contributed by atoms with Crippen LogP contribution in [0.4, 0.5) is 5.69 Å². The number of carbonyl (C=O) groups is 1. The minimum atomic E-state index is -0.0396. The zero-order chi connectivity index (χ0) is 26.8. The third-order valence-electron chi connectivity index (χ3n) is 7.37. The molecule has 7 nitrogen and oxygen atoms in total. The van der Waals surface area contributed by atoms with Crippen LogP contribution in [-0.2, 0) is 11.3 Å². The highest BCUT2D eigenvalue weighted by Gasteiger charge is 2.36. The van der Waals surface area contributed by atoms with Crippen LogP contribution in [0.15, 0.2) is 84.9 Å². The highest BCUT2D eigenvalue weighted by atomic mass is 16.5. The number of aromatic nitrogens is 2. The lowest BCUT2D eigenvalue weighted by molar-refractivity contribution is -0.117. The van der Waals surface area contributed by atoms with Crippen molar-refractivity contribution in [3.63, 3.8) is 0 Å². The van der Waals surface area contributed by atoms with Crippen LogP contribution in [0.2, 0.25) is 0 Å². The monoisotopic (exact) mass is 521 g/mol. The first-order valence-corrected chi connectivity index (χ1v) is 13.2. The summed E-state index contributed by atoms with van der Waals surface area (Å²) in [5.41, 5.74) is 2.73. The molecule has 1 atom stereocenters. The van der Waals surface area contributed by atoms with E-state index in [1.807, 2.05) is 54.6 Å². The standard InChI is InChI=1S/C32H31N3O4/c1-37-25-14-15-30(38-2)29(20-25)35-21-24(19-31(35)36)32-33-27-10-5-6-11-28(27)34(32)16-7-17-39-26-13-12-22-8-3-4-9-23(22)18-26/h3-6,8-15,18,20,24H,7,16-17,19,21H2,1-2H3. The van der Waals surface area contributed by atoms with E-state index >= 15 is 0 Å². The minimum absolute atomic E-state index is 0.0396. The van der Waals surface area contributed by atoms with E-state index in [2.05, 4.69) is 34.9 Å². The largest absolute Gasteiger partial charge is 0.497 e. The van der Waals surface area contributed by atoms with Gasteiger partial charge in [-0.15, -0.1) is 0 Å². The van der Waals surface area contributed by atoms with Gasteiger partial charge in [0.25, 0.3) is 0 Å². The van der Waals surface area contributed by atoms with Crippen molar-refractivity contribution in [1.82, 2.24) is 9.55 Å². The fraction of sp³-hybridized carbons (Fsp3) is 0.250. The van der Waals surface area contributed by atoms with Gasteiger partial charge in [-0.2, -0.15) is 0 Å². The van der Waals surface area contributed by atoms with Crippen LogP contribution in [0.3, 0.4) is 0 Å². The fourth-order valence-corrected chi connectivity index (χ4v) is 5.43. The predicted octanol–water partition coefficient (Wildman–Crippen LogP) is 6.20. The van der Waals surface area contributed by atoms with Crippen LogP contribution in [0.25, 0.3) is 21.8 Å². The minimum Gasteiger partial charge on any atom is -0.497 e. The van der Waals surface area contributed by atoms with Crippen molar-refractivity contribution in [1.29, 1.82) is 0 Å². The van der Waals surface area contributed by atoms with Crippen LogP contribution < -0.4 is 19.1 Å². The van der Waals surface area contributed by atoms with E-state index in [0.29, 0.717) is 31.1 Å². The Morgan fingerprint density at radius 2 is 1.67 bits per heavy atom. The highest BCUT2D eigenvalue weighted by Crippen LogP contribution is 2.39. The number of amides is 1. The topological polar surface area (TPSA) is 65.8 Å². The number of anilines is 1. The number of hydrogen-bond donors (Lipinski definition) is 0. The summed E-state index contributed by atoms with van der Waals surface area (Å²) in [6, 6.07) is 28.1. The Hall–Kier alpha value is -4.52. The number of rotatable bonds is 9. The summed E-state index contributed by atoms with van der Waals surface area (Å²) >= 11 is 0. The van der Waals surface area contributed by atoms with Crippen molar-refractivity contribution in [2.75, 3.05) is 32.3 Å². The molecule has 2 heterocycles. The number of hydrogen-bond acceptors (Lipinski definition) is 5. The van der Waals surface area contributed by atoms with Gasteiger partial charge in [0.2, 0.25) is 5.91 Å². The molecular formula is C32H31N3O4. The van der Waals surface area contributed by atoms with Gasteiger partial charge in [0.05, 0.1) is 37.5 Å². The quantitative estimate of drug-likeness (QED) is 0.216. The molecular weight excluding hydrogens is 490 g/mol. The van der Waals surface area contributed by atoms with Gasteiger partial charge >= 0.3 is 0 Å². The average molecular weight is 522 g/mol. The molecule has 0 spiro atoms. The lowest BCUT2D eigenvalue weighted by Gasteiger charge is -2.20. The second-order valence-electron chi connectivity index (χ2n) is 9.76. The normalized spacial score (nSPS) is 15.3. The first-order chi connectivity index (χ1) is 19.1. The van der Waals surface area contributed by atoms with Crippen molar-refractivity contribution in [2.24, 2.45) is 0 Å². The van der Waals surface area contributed by atoms with Gasteiger partial charge < -0.3 is 23.7 Å². The maximum Gasteiger partial charge on any atom is 0.227 e. The summed E-state index contributed by atoms with van der Waals surface area (Å²) in [5.74, 6) is 3.13. The molecule has 1 aliphatic rings. The molecule has 0 aliphatic carbocycles. The maximum atomic E-state index is 13.2. The van der Waals surface area contributed by atoms with Crippen LogP contribution in [0.1, 0.15) is 24.6 Å². The Bertz CT molecular complexity index is 1640. The Balaban J connectivity index is 1.21. The molecule has 1 unspecified atom stereocenters. The Morgan fingerprint density at radius 1 is 0.872 bits per heavy atom. The number of para-hydroxylation sites is 2. The van der Waals surface area contributed by atoms with E-state index in [-0.39, 0.29) is 11.8 Å². The van der Waals surface area contributed by atoms with E-state index in [4.69, 9.17) is 19.2 Å². The summed E-state index contributed by atoms with van der Waals surface area (Å²) in [7, 11) is 3.23. The van der Waals surface area contributed by atoms with Crippen molar-refractivity contribution < 1.29 is 19.0 Å². The van der Waals surface area contributed by atoms with Gasteiger partial charge in [-0.1, -0.05) is 42.5 Å². The molecule has 1 aromatic heterocycles. The SMILES string of the molecule is COc1ccc(OC)c(N2CC(c3nc4ccccc4n3CCCOc3ccc4ccccc4c3)CC2=O)c1. The fourth-order valence-electron chi connectivity index (χ4n) is 5.43. The lowest BCUT2D eigenvalue weighted by Crippen LogP contribution is -2.25. The molecule has 7 heteroatoms. The second kappa shape index (κ2) is 10.7. The average Bonchev–Trinajstić information content (AvgIpc) is 3.55. The van der Waals surface area contributed by atoms with E-state index in [1.165, 1.54) is 10.8 Å². The first kappa shape index (κ1) is 24.8. The summed E-state index contributed by atoms with van der Waals surface area (Å²) < 4.78 is 19.3. The molecule has 1 fully saturated rings. The van der Waals surface area contributed by atoms with Gasteiger partial charge in [-0.05, 0) is 53.6 Å². The summed E-state index contributed by atoms with van der Waals surface area (Å²) in [4.78, 5) is 20.0. The van der Waals surface area contributed by atoms with Gasteiger partial charge in [-0.25, -0.2) is 4.98 Å². The van der Waals surface area contributed by atoms with E-state index in [9.17, 15) is 4.79 Å². The third kappa shape index (κ3) is 4.88. The third-order valence-corrected chi connectivity index (χ3v) is 7.37. The summed E-state index contributed by atoms with van der Waals surface area (Å²) in [6.45, 7) is 1.86. The van der Waals surface area contributed by atoms with E-state index < -0.39 is 0 Å². The molecule has 5 aromatic rings. The van der Waals surface area contributed by atoms with Crippen LogP contribution in [0, 0.1) is 0 Å². The van der Waals surface area contributed by atoms with Gasteiger partial charge in [0, 0.05) is 31.5 Å². The number of aryl methyl sites for hydroxylation is 1. The zero-order valence-corrected chi connectivity index (χ0v) is 22.2. The molecule has 198 valence electrons. The van der Waals surface area contributed by atoms with Crippen molar-refractivity contribution in [3.05, 3.63) is 90.8 Å². The number of benzene rings is 4. The van der Waals surface area contributed by atoms with Crippen molar-refractivity contribution in [3.8, 4) is 17.2 Å². The maximum absolute atomic E-state index is 13.2. The van der Waals surface area contributed by atoms with E-state index in [1.54, 1.807) is 19.1 Å². The molecule has 1 amide bonds. The van der Waals surface area contributed by atoms with Crippen LogP contribution in [-0.4, -0.2) is 42.8 Å². The smallest absolute Gasteiger partial charge is 0.227 e. The molecule has 0 radical (unpaired) electrons. The second-order valence-corrected chi connectivity index (χ2v) is 9.76. The molecule has 0 N–H and O–H groups in total. The first-order valence-electron chi connectivity index (χ1n) is 13.2. The summed E-state index contributed by atoms with van der Waals surface area (Å²) in [5, 5.41) is 2.37. The van der Waals surface area contributed by atoms with Gasteiger partial charge in [0.1, 0.15) is 23.1 Å². The summed E-state index contributed by atoms with van der Waals surface area (Å²) in [6.07, 6.45) is 1.20. The molecule has 6 rings (SSSR count). The van der Waals surface area contributed by atoms with Crippen molar-refractivity contribution >= 4 is 33.4 Å². The molecule has 1 aliphatic heterocycles. The van der Waals surface area contributed by atoms with Gasteiger partial charge in [0.15, 0.2) is 0 Å². The number of carbonyl (C=O) groups excluding carboxylic acids is 1. The zero-order valence-electron chi connectivity index (χ0n) is 22.2. The molecule has 1 saturated heterocycles. The lowest BCUT2D eigenvalue weighted by atomic mass is 10.1. The van der Waals surface area contributed by atoms with Gasteiger partial charge in [-0.3, -0.25) is 4.79 Å². The Labute approximate surface area is 227 Å². The Morgan fingerprint density at radius 3 is 2.51 bits per heavy atom. The molecule has 0 saturated carbocycles. The molecule has 39 heavy (non-hydrogen) atoms.